The summed E-state index contributed by atoms with van der Waals surface area (Å²) in [5.41, 5.74) is 2.97. The number of methoxy groups -OCH3 is 1. The van der Waals surface area contributed by atoms with E-state index in [2.05, 4.69) is 6.07 Å². The van der Waals surface area contributed by atoms with Crippen molar-refractivity contribution in [3.05, 3.63) is 57.9 Å². The first kappa shape index (κ1) is 19.3. The van der Waals surface area contributed by atoms with Gasteiger partial charge in [0.15, 0.2) is 0 Å². The number of ether oxygens (including phenoxy) is 2. The van der Waals surface area contributed by atoms with Gasteiger partial charge in [-0.05, 0) is 32.4 Å². The van der Waals surface area contributed by atoms with Gasteiger partial charge >= 0.3 is 11.9 Å². The topological polar surface area (TPSA) is 79.6 Å². The molecule has 1 atom stereocenters. The molecule has 0 saturated heterocycles. The van der Waals surface area contributed by atoms with Crippen molar-refractivity contribution in [1.82, 2.24) is 4.90 Å². The third-order valence-corrected chi connectivity index (χ3v) is 4.66. The van der Waals surface area contributed by atoms with Gasteiger partial charge in [0.1, 0.15) is 0 Å². The van der Waals surface area contributed by atoms with Gasteiger partial charge < -0.3 is 14.4 Å². The molecule has 136 valence electrons. The van der Waals surface area contributed by atoms with Crippen LogP contribution in [0.25, 0.3) is 0 Å². The standard InChI is InChI=1S/C20H22N2O4/c1-6-26-20(24)17-13(3)22(4)12(2)16(19(23)25-5)18(17)15-10-8-7-9-14(15)11-21/h7-10,18H,6H2,1-5H3. The Hall–Kier alpha value is -3.07. The van der Waals surface area contributed by atoms with E-state index in [1.807, 2.05) is 0 Å². The number of esters is 2. The van der Waals surface area contributed by atoms with Gasteiger partial charge in [0.2, 0.25) is 0 Å². The zero-order chi connectivity index (χ0) is 19.4. The molecule has 1 unspecified atom stereocenters. The van der Waals surface area contributed by atoms with E-state index in [0.717, 1.165) is 0 Å². The Labute approximate surface area is 153 Å². The van der Waals surface area contributed by atoms with E-state index in [-0.39, 0.29) is 6.61 Å². The average Bonchev–Trinajstić information content (AvgIpc) is 2.65. The first-order chi connectivity index (χ1) is 12.4. The summed E-state index contributed by atoms with van der Waals surface area (Å²) in [6.07, 6.45) is 0. The zero-order valence-corrected chi connectivity index (χ0v) is 15.6. The molecule has 26 heavy (non-hydrogen) atoms. The number of hydrogen-bond acceptors (Lipinski definition) is 6. The second-order valence-corrected chi connectivity index (χ2v) is 5.90. The summed E-state index contributed by atoms with van der Waals surface area (Å²) < 4.78 is 10.2. The number of nitriles is 1. The lowest BCUT2D eigenvalue weighted by molar-refractivity contribution is -0.139. The van der Waals surface area contributed by atoms with Crippen molar-refractivity contribution in [3.8, 4) is 6.07 Å². The quantitative estimate of drug-likeness (QED) is 0.774. The minimum absolute atomic E-state index is 0.211. The van der Waals surface area contributed by atoms with Crippen molar-refractivity contribution in [3.63, 3.8) is 0 Å². The number of carbonyl (C=O) groups excluding carboxylic acids is 2. The van der Waals surface area contributed by atoms with Crippen LogP contribution in [0.5, 0.6) is 0 Å². The second kappa shape index (κ2) is 7.87. The minimum Gasteiger partial charge on any atom is -0.466 e. The first-order valence-electron chi connectivity index (χ1n) is 8.28. The largest absolute Gasteiger partial charge is 0.466 e. The molecule has 1 heterocycles. The summed E-state index contributed by atoms with van der Waals surface area (Å²) >= 11 is 0. The van der Waals surface area contributed by atoms with Crippen molar-refractivity contribution in [2.45, 2.75) is 26.7 Å². The van der Waals surface area contributed by atoms with Crippen LogP contribution in [0.4, 0.5) is 0 Å². The molecule has 0 spiro atoms. The highest BCUT2D eigenvalue weighted by Crippen LogP contribution is 2.43. The monoisotopic (exact) mass is 354 g/mol. The summed E-state index contributed by atoms with van der Waals surface area (Å²) in [6, 6.07) is 9.07. The van der Waals surface area contributed by atoms with E-state index < -0.39 is 17.9 Å². The molecule has 0 aromatic heterocycles. The normalized spacial score (nSPS) is 17.1. The molecular formula is C20H22N2O4. The third-order valence-electron chi connectivity index (χ3n) is 4.66. The predicted molar refractivity (Wildman–Crippen MR) is 95.7 cm³/mol. The molecule has 0 saturated carbocycles. The molecule has 1 aliphatic heterocycles. The fourth-order valence-corrected chi connectivity index (χ4v) is 3.19. The fourth-order valence-electron chi connectivity index (χ4n) is 3.19. The summed E-state index contributed by atoms with van der Waals surface area (Å²) in [5.74, 6) is -1.78. The highest BCUT2D eigenvalue weighted by molar-refractivity contribution is 6.00. The maximum atomic E-state index is 12.7. The van der Waals surface area contributed by atoms with E-state index in [1.165, 1.54) is 7.11 Å². The molecule has 0 bridgehead atoms. The van der Waals surface area contributed by atoms with E-state index in [1.54, 1.807) is 57.0 Å². The summed E-state index contributed by atoms with van der Waals surface area (Å²) in [5, 5.41) is 9.52. The van der Waals surface area contributed by atoms with Crippen LogP contribution in [0.2, 0.25) is 0 Å². The smallest absolute Gasteiger partial charge is 0.336 e. The van der Waals surface area contributed by atoms with E-state index >= 15 is 0 Å². The van der Waals surface area contributed by atoms with Crippen LogP contribution in [0.1, 0.15) is 37.8 Å². The van der Waals surface area contributed by atoms with Gasteiger partial charge in [-0.3, -0.25) is 0 Å². The van der Waals surface area contributed by atoms with Crippen molar-refractivity contribution in [1.29, 1.82) is 5.26 Å². The van der Waals surface area contributed by atoms with Crippen molar-refractivity contribution in [2.75, 3.05) is 20.8 Å². The van der Waals surface area contributed by atoms with Crippen LogP contribution in [0.3, 0.4) is 0 Å². The van der Waals surface area contributed by atoms with Gasteiger partial charge in [0, 0.05) is 18.4 Å². The minimum atomic E-state index is -0.728. The molecule has 1 aliphatic rings. The van der Waals surface area contributed by atoms with Crippen molar-refractivity contribution in [2.24, 2.45) is 0 Å². The van der Waals surface area contributed by atoms with Crippen LogP contribution in [0, 0.1) is 11.3 Å². The molecular weight excluding hydrogens is 332 g/mol. The average molecular weight is 354 g/mol. The first-order valence-corrected chi connectivity index (χ1v) is 8.28. The molecule has 0 amide bonds. The third kappa shape index (κ3) is 3.21. The number of nitrogens with zero attached hydrogens (tertiary/aromatic N) is 2. The summed E-state index contributed by atoms with van der Waals surface area (Å²) in [6.45, 7) is 5.52. The van der Waals surface area contributed by atoms with Crippen molar-refractivity contribution >= 4 is 11.9 Å². The van der Waals surface area contributed by atoms with Gasteiger partial charge in [-0.25, -0.2) is 9.59 Å². The molecule has 0 radical (unpaired) electrons. The summed E-state index contributed by atoms with van der Waals surface area (Å²) in [7, 11) is 3.07. The number of allylic oxidation sites excluding steroid dienone is 2. The SMILES string of the molecule is CCOC(=O)C1=C(C)N(C)C(C)=C(C(=O)OC)C1c1ccccc1C#N. The highest BCUT2D eigenvalue weighted by Gasteiger charge is 2.40. The van der Waals surface area contributed by atoms with Crippen LogP contribution < -0.4 is 0 Å². The molecule has 2 rings (SSSR count). The number of carbonyl (C=O) groups is 2. The van der Waals surface area contributed by atoms with Crippen LogP contribution in [-0.2, 0) is 19.1 Å². The maximum absolute atomic E-state index is 12.7. The van der Waals surface area contributed by atoms with Gasteiger partial charge in [0.25, 0.3) is 0 Å². The predicted octanol–water partition coefficient (Wildman–Crippen LogP) is 2.87. The second-order valence-electron chi connectivity index (χ2n) is 5.90. The maximum Gasteiger partial charge on any atom is 0.336 e. The molecule has 6 heteroatoms. The Morgan fingerprint density at radius 1 is 1.15 bits per heavy atom. The van der Waals surface area contributed by atoms with E-state index in [9.17, 15) is 14.9 Å². The lowest BCUT2D eigenvalue weighted by Crippen LogP contribution is -2.33. The van der Waals surface area contributed by atoms with Crippen LogP contribution >= 0.6 is 0 Å². The van der Waals surface area contributed by atoms with Gasteiger partial charge in [-0.2, -0.15) is 5.26 Å². The molecule has 1 aromatic carbocycles. The van der Waals surface area contributed by atoms with Crippen LogP contribution in [-0.4, -0.2) is 37.6 Å². The Kier molecular flexibility index (Phi) is 5.83. The van der Waals surface area contributed by atoms with E-state index in [4.69, 9.17) is 9.47 Å². The summed E-state index contributed by atoms with van der Waals surface area (Å²) in [4.78, 5) is 27.1. The Morgan fingerprint density at radius 2 is 1.73 bits per heavy atom. The van der Waals surface area contributed by atoms with Crippen molar-refractivity contribution < 1.29 is 19.1 Å². The molecule has 6 nitrogen and oxygen atoms in total. The molecule has 1 aromatic rings. The number of hydrogen-bond donors (Lipinski definition) is 0. The van der Waals surface area contributed by atoms with Crippen LogP contribution in [0.15, 0.2) is 46.8 Å². The highest BCUT2D eigenvalue weighted by atomic mass is 16.5. The lowest BCUT2D eigenvalue weighted by atomic mass is 9.78. The van der Waals surface area contributed by atoms with Gasteiger partial charge in [0.05, 0.1) is 42.4 Å². The lowest BCUT2D eigenvalue weighted by Gasteiger charge is -2.35. The fraction of sp³-hybridized carbons (Fsp3) is 0.350. The Bertz CT molecular complexity index is 846. The molecule has 0 N–H and O–H groups in total. The Balaban J connectivity index is 2.82. The molecule has 0 aliphatic carbocycles. The van der Waals surface area contributed by atoms with E-state index in [0.29, 0.717) is 33.7 Å². The van der Waals surface area contributed by atoms with Gasteiger partial charge in [-0.1, -0.05) is 18.2 Å². The molecule has 0 fully saturated rings. The zero-order valence-electron chi connectivity index (χ0n) is 15.6. The number of benzene rings is 1. The Morgan fingerprint density at radius 3 is 2.27 bits per heavy atom. The number of rotatable bonds is 4. The van der Waals surface area contributed by atoms with Gasteiger partial charge in [-0.15, -0.1) is 0 Å².